The highest BCUT2D eigenvalue weighted by Gasteiger charge is 2.21. The van der Waals surface area contributed by atoms with Gasteiger partial charge in [-0.2, -0.15) is 0 Å². The van der Waals surface area contributed by atoms with Gasteiger partial charge >= 0.3 is 5.97 Å². The summed E-state index contributed by atoms with van der Waals surface area (Å²) < 4.78 is 16.7. The fourth-order valence-electron chi connectivity index (χ4n) is 3.95. The van der Waals surface area contributed by atoms with Crippen molar-refractivity contribution in [3.8, 4) is 5.75 Å². The first-order valence-electron chi connectivity index (χ1n) is 11.8. The zero-order valence-corrected chi connectivity index (χ0v) is 21.6. The summed E-state index contributed by atoms with van der Waals surface area (Å²) in [7, 11) is 0. The lowest BCUT2D eigenvalue weighted by Gasteiger charge is -2.32. The van der Waals surface area contributed by atoms with E-state index >= 15 is 0 Å². The smallest absolute Gasteiger partial charge is 0.335 e. The van der Waals surface area contributed by atoms with E-state index in [-0.39, 0.29) is 12.0 Å². The molecule has 0 saturated carbocycles. The minimum absolute atomic E-state index is 0.275. The van der Waals surface area contributed by atoms with E-state index in [1.807, 2.05) is 49.4 Å². The van der Waals surface area contributed by atoms with Crippen LogP contribution in [0.2, 0.25) is 10.0 Å². The van der Waals surface area contributed by atoms with Gasteiger partial charge in [0.25, 0.3) is 0 Å². The van der Waals surface area contributed by atoms with Crippen molar-refractivity contribution < 1.29 is 19.0 Å². The summed E-state index contributed by atoms with van der Waals surface area (Å²) in [6.07, 6.45) is 3.10. The molecule has 7 heteroatoms. The van der Waals surface area contributed by atoms with Gasteiger partial charge in [0.2, 0.25) is 0 Å². The molecule has 34 heavy (non-hydrogen) atoms. The molecule has 1 heterocycles. The van der Waals surface area contributed by atoms with E-state index in [2.05, 4.69) is 17.9 Å². The van der Waals surface area contributed by atoms with Gasteiger partial charge in [0, 0.05) is 32.2 Å². The topological polar surface area (TPSA) is 48.0 Å². The number of nitrogens with zero attached hydrogens (tertiary/aromatic N) is 1. The van der Waals surface area contributed by atoms with Gasteiger partial charge in [0.1, 0.15) is 12.4 Å². The average molecular weight is 506 g/mol. The molecule has 0 fully saturated rings. The maximum absolute atomic E-state index is 12.1. The molecule has 0 amide bonds. The Balaban J connectivity index is 1.49. The second kappa shape index (κ2) is 13.1. The summed E-state index contributed by atoms with van der Waals surface area (Å²) in [4.78, 5) is 14.5. The molecule has 184 valence electrons. The number of carbonyl (C=O) groups excluding carboxylic acids is 1. The van der Waals surface area contributed by atoms with Crippen LogP contribution in [0.1, 0.15) is 38.3 Å². The number of ether oxygens (including phenoxy) is 3. The van der Waals surface area contributed by atoms with Crippen LogP contribution in [0.25, 0.3) is 5.57 Å². The largest absolute Gasteiger partial charge is 0.492 e. The molecule has 1 aliphatic heterocycles. The lowest BCUT2D eigenvalue weighted by atomic mass is 9.99. The maximum atomic E-state index is 12.1. The molecular formula is C27H33Cl2NO4. The van der Waals surface area contributed by atoms with Crippen molar-refractivity contribution in [2.75, 3.05) is 32.9 Å². The Morgan fingerprint density at radius 3 is 2.44 bits per heavy atom. The van der Waals surface area contributed by atoms with Gasteiger partial charge in [-0.05, 0) is 68.2 Å². The van der Waals surface area contributed by atoms with Crippen LogP contribution in [0.4, 0.5) is 0 Å². The third-order valence-corrected chi connectivity index (χ3v) is 6.65. The lowest BCUT2D eigenvalue weighted by molar-refractivity contribution is -0.156. The van der Waals surface area contributed by atoms with E-state index in [1.54, 1.807) is 6.92 Å². The van der Waals surface area contributed by atoms with Gasteiger partial charge in [0.15, 0.2) is 6.10 Å². The molecule has 2 aromatic rings. The fraction of sp³-hybridized carbons (Fsp3) is 0.444. The number of halogens is 2. The van der Waals surface area contributed by atoms with Gasteiger partial charge in [-0.15, -0.1) is 0 Å². The van der Waals surface area contributed by atoms with Crippen molar-refractivity contribution >= 4 is 34.7 Å². The van der Waals surface area contributed by atoms with Gasteiger partial charge in [-0.25, -0.2) is 4.79 Å². The molecule has 5 nitrogen and oxygen atoms in total. The van der Waals surface area contributed by atoms with Crippen LogP contribution in [-0.4, -0.2) is 55.9 Å². The zero-order chi connectivity index (χ0) is 24.5. The number of rotatable bonds is 11. The van der Waals surface area contributed by atoms with Crippen molar-refractivity contribution in [1.82, 2.24) is 4.90 Å². The summed E-state index contributed by atoms with van der Waals surface area (Å²) in [5.41, 5.74) is 3.43. The van der Waals surface area contributed by atoms with Crippen molar-refractivity contribution in [2.45, 2.75) is 45.8 Å². The van der Waals surface area contributed by atoms with Gasteiger partial charge in [-0.3, -0.25) is 4.90 Å². The molecular weight excluding hydrogens is 473 g/mol. The average Bonchev–Trinajstić information content (AvgIpc) is 2.85. The Labute approximate surface area is 212 Å². The molecule has 0 saturated heterocycles. The van der Waals surface area contributed by atoms with Crippen molar-refractivity contribution in [3.63, 3.8) is 0 Å². The summed E-state index contributed by atoms with van der Waals surface area (Å²) in [6, 6.07) is 13.9. The molecule has 1 aliphatic rings. The molecule has 3 rings (SSSR count). The Morgan fingerprint density at radius 1 is 1.06 bits per heavy atom. The minimum atomic E-state index is -0.585. The number of hydrogen-bond acceptors (Lipinski definition) is 5. The third kappa shape index (κ3) is 7.47. The molecule has 2 aromatic carbocycles. The van der Waals surface area contributed by atoms with E-state index in [0.29, 0.717) is 36.3 Å². The molecule has 2 unspecified atom stereocenters. The van der Waals surface area contributed by atoms with E-state index in [0.717, 1.165) is 36.4 Å². The second-order valence-corrected chi connectivity index (χ2v) is 9.12. The quantitative estimate of drug-likeness (QED) is 0.347. The minimum Gasteiger partial charge on any atom is -0.492 e. The van der Waals surface area contributed by atoms with Crippen LogP contribution in [0, 0.1) is 0 Å². The zero-order valence-electron chi connectivity index (χ0n) is 20.1. The normalized spacial score (nSPS) is 16.0. The van der Waals surface area contributed by atoms with E-state index in [1.165, 1.54) is 5.57 Å². The van der Waals surface area contributed by atoms with Crippen LogP contribution in [-0.2, 0) is 20.7 Å². The highest BCUT2D eigenvalue weighted by Crippen LogP contribution is 2.29. The van der Waals surface area contributed by atoms with E-state index in [4.69, 9.17) is 37.4 Å². The maximum Gasteiger partial charge on any atom is 0.335 e. The Bertz CT molecular complexity index is 977. The molecule has 0 radical (unpaired) electrons. The van der Waals surface area contributed by atoms with Crippen LogP contribution in [0.15, 0.2) is 48.5 Å². The first kappa shape index (κ1) is 26.6. The first-order valence-corrected chi connectivity index (χ1v) is 12.5. The van der Waals surface area contributed by atoms with Gasteiger partial charge in [-0.1, -0.05) is 47.5 Å². The molecule has 0 spiro atoms. The van der Waals surface area contributed by atoms with Crippen molar-refractivity contribution in [1.29, 1.82) is 0 Å². The Kier molecular flexibility index (Phi) is 10.3. The summed E-state index contributed by atoms with van der Waals surface area (Å²) in [5.74, 6) is 0.486. The van der Waals surface area contributed by atoms with Gasteiger partial charge in [0.05, 0.1) is 16.7 Å². The monoisotopic (exact) mass is 505 g/mol. The standard InChI is InChI=1S/C27H33Cl2NO4/c1-4-32-26(27(31)33-5-2)16-20-6-9-23(10-7-20)34-18-19(3)30-14-12-21(13-15-30)22-8-11-24(28)25(29)17-22/h6-12,17,19,26H,4-5,13-16,18H2,1-3H3. The number of benzene rings is 2. The van der Waals surface area contributed by atoms with Gasteiger partial charge < -0.3 is 14.2 Å². The Morgan fingerprint density at radius 2 is 1.82 bits per heavy atom. The Hall–Kier alpha value is -2.05. The molecule has 2 atom stereocenters. The summed E-state index contributed by atoms with van der Waals surface area (Å²) >= 11 is 12.2. The number of esters is 1. The summed E-state index contributed by atoms with van der Waals surface area (Å²) in [6.45, 7) is 9.07. The molecule has 0 bridgehead atoms. The molecule has 0 aromatic heterocycles. The number of hydrogen-bond donors (Lipinski definition) is 0. The predicted octanol–water partition coefficient (Wildman–Crippen LogP) is 6.06. The fourth-order valence-corrected chi connectivity index (χ4v) is 4.25. The van der Waals surface area contributed by atoms with Crippen molar-refractivity contribution in [3.05, 3.63) is 69.7 Å². The first-order chi connectivity index (χ1) is 16.4. The van der Waals surface area contributed by atoms with Crippen LogP contribution in [0.5, 0.6) is 5.75 Å². The van der Waals surface area contributed by atoms with E-state index < -0.39 is 6.10 Å². The van der Waals surface area contributed by atoms with Crippen LogP contribution in [0.3, 0.4) is 0 Å². The van der Waals surface area contributed by atoms with Crippen molar-refractivity contribution in [2.24, 2.45) is 0 Å². The van der Waals surface area contributed by atoms with Crippen LogP contribution < -0.4 is 4.74 Å². The predicted molar refractivity (Wildman–Crippen MR) is 138 cm³/mol. The van der Waals surface area contributed by atoms with E-state index in [9.17, 15) is 4.79 Å². The highest BCUT2D eigenvalue weighted by atomic mass is 35.5. The summed E-state index contributed by atoms with van der Waals surface area (Å²) in [5, 5.41) is 1.17. The molecule has 0 aliphatic carbocycles. The highest BCUT2D eigenvalue weighted by molar-refractivity contribution is 6.42. The van der Waals surface area contributed by atoms with Crippen LogP contribution >= 0.6 is 23.2 Å². The lowest BCUT2D eigenvalue weighted by Crippen LogP contribution is -2.40. The molecule has 0 N–H and O–H groups in total. The second-order valence-electron chi connectivity index (χ2n) is 8.31. The number of carbonyl (C=O) groups is 1. The SMILES string of the molecule is CCOC(=O)C(Cc1ccc(OCC(C)N2CC=C(c3ccc(Cl)c(Cl)c3)CC2)cc1)OCC. The third-order valence-electron chi connectivity index (χ3n) is 5.91.